The molecule has 0 saturated carbocycles. The van der Waals surface area contributed by atoms with E-state index in [0.717, 1.165) is 36.5 Å². The standard InChI is InChI=1S/C17H22N2O/c1-19(16-10-3-4-11-17(16)20-2)12-6-8-14-7-5-9-15(18)13-14/h3-5,7,9-11,13H,6,8,12,18H2,1-2H3. The molecule has 0 heterocycles. The van der Waals surface area contributed by atoms with Gasteiger partial charge in [-0.05, 0) is 42.7 Å². The van der Waals surface area contributed by atoms with Crippen LogP contribution in [0.2, 0.25) is 0 Å². The number of aryl methyl sites for hydroxylation is 1. The fourth-order valence-electron chi connectivity index (χ4n) is 2.33. The van der Waals surface area contributed by atoms with Gasteiger partial charge in [-0.2, -0.15) is 0 Å². The van der Waals surface area contributed by atoms with E-state index in [4.69, 9.17) is 10.5 Å². The zero-order chi connectivity index (χ0) is 14.4. The molecule has 2 aromatic carbocycles. The van der Waals surface area contributed by atoms with Gasteiger partial charge < -0.3 is 15.4 Å². The highest BCUT2D eigenvalue weighted by molar-refractivity contribution is 5.57. The van der Waals surface area contributed by atoms with E-state index in [1.807, 2.05) is 36.4 Å². The van der Waals surface area contributed by atoms with Gasteiger partial charge >= 0.3 is 0 Å². The average molecular weight is 270 g/mol. The average Bonchev–Trinajstić information content (AvgIpc) is 2.47. The van der Waals surface area contributed by atoms with Gasteiger partial charge in [0.15, 0.2) is 0 Å². The predicted octanol–water partition coefficient (Wildman–Crippen LogP) is 3.35. The van der Waals surface area contributed by atoms with Gasteiger partial charge in [0.1, 0.15) is 5.75 Å². The molecule has 0 aliphatic heterocycles. The van der Waals surface area contributed by atoms with Gasteiger partial charge in [0.05, 0.1) is 12.8 Å². The number of para-hydroxylation sites is 2. The Hall–Kier alpha value is -2.16. The van der Waals surface area contributed by atoms with Crippen molar-refractivity contribution in [3.05, 3.63) is 54.1 Å². The lowest BCUT2D eigenvalue weighted by atomic mass is 10.1. The van der Waals surface area contributed by atoms with E-state index in [9.17, 15) is 0 Å². The minimum absolute atomic E-state index is 0.834. The zero-order valence-corrected chi connectivity index (χ0v) is 12.2. The highest BCUT2D eigenvalue weighted by Crippen LogP contribution is 2.26. The Labute approximate surface area is 121 Å². The second kappa shape index (κ2) is 6.85. The third-order valence-corrected chi connectivity index (χ3v) is 3.41. The summed E-state index contributed by atoms with van der Waals surface area (Å²) in [7, 11) is 3.80. The van der Waals surface area contributed by atoms with E-state index in [2.05, 4.69) is 24.1 Å². The van der Waals surface area contributed by atoms with Crippen molar-refractivity contribution in [3.63, 3.8) is 0 Å². The fourth-order valence-corrected chi connectivity index (χ4v) is 2.33. The van der Waals surface area contributed by atoms with Crippen LogP contribution in [0.25, 0.3) is 0 Å². The minimum atomic E-state index is 0.834. The van der Waals surface area contributed by atoms with Crippen LogP contribution in [0.5, 0.6) is 5.75 Å². The number of methoxy groups -OCH3 is 1. The first-order valence-electron chi connectivity index (χ1n) is 6.89. The van der Waals surface area contributed by atoms with Gasteiger partial charge in [-0.25, -0.2) is 0 Å². The summed E-state index contributed by atoms with van der Waals surface area (Å²) in [6.45, 7) is 0.981. The third-order valence-electron chi connectivity index (χ3n) is 3.41. The van der Waals surface area contributed by atoms with Crippen molar-refractivity contribution in [2.24, 2.45) is 0 Å². The van der Waals surface area contributed by atoms with E-state index in [1.165, 1.54) is 5.56 Å². The Balaban J connectivity index is 1.90. The molecule has 0 aliphatic rings. The molecule has 0 aliphatic carbocycles. The minimum Gasteiger partial charge on any atom is -0.495 e. The lowest BCUT2D eigenvalue weighted by Gasteiger charge is -2.21. The van der Waals surface area contributed by atoms with E-state index in [0.29, 0.717) is 0 Å². The molecule has 2 rings (SSSR count). The summed E-state index contributed by atoms with van der Waals surface area (Å²) in [5, 5.41) is 0. The number of hydrogen-bond donors (Lipinski definition) is 1. The van der Waals surface area contributed by atoms with Crippen molar-refractivity contribution in [3.8, 4) is 5.75 Å². The largest absolute Gasteiger partial charge is 0.495 e. The van der Waals surface area contributed by atoms with E-state index >= 15 is 0 Å². The summed E-state index contributed by atoms with van der Waals surface area (Å²) in [6.07, 6.45) is 2.11. The quantitative estimate of drug-likeness (QED) is 0.818. The van der Waals surface area contributed by atoms with Crippen molar-refractivity contribution < 1.29 is 4.74 Å². The monoisotopic (exact) mass is 270 g/mol. The molecule has 3 heteroatoms. The van der Waals surface area contributed by atoms with Crippen LogP contribution >= 0.6 is 0 Å². The number of ether oxygens (including phenoxy) is 1. The van der Waals surface area contributed by atoms with Gasteiger partial charge in [-0.3, -0.25) is 0 Å². The Morgan fingerprint density at radius 3 is 2.65 bits per heavy atom. The van der Waals surface area contributed by atoms with Crippen molar-refractivity contribution in [1.82, 2.24) is 0 Å². The summed E-state index contributed by atoms with van der Waals surface area (Å²) in [5.74, 6) is 0.916. The lowest BCUT2D eigenvalue weighted by Crippen LogP contribution is -2.19. The topological polar surface area (TPSA) is 38.5 Å². The Morgan fingerprint density at radius 1 is 1.10 bits per heavy atom. The first-order valence-corrected chi connectivity index (χ1v) is 6.89. The van der Waals surface area contributed by atoms with Gasteiger partial charge in [0, 0.05) is 19.3 Å². The molecule has 0 saturated heterocycles. The normalized spacial score (nSPS) is 10.3. The highest BCUT2D eigenvalue weighted by atomic mass is 16.5. The lowest BCUT2D eigenvalue weighted by molar-refractivity contribution is 0.415. The maximum absolute atomic E-state index is 5.79. The molecule has 2 N–H and O–H groups in total. The van der Waals surface area contributed by atoms with Crippen LogP contribution in [-0.2, 0) is 6.42 Å². The summed E-state index contributed by atoms with van der Waals surface area (Å²) in [6, 6.07) is 16.2. The molecule has 0 bridgehead atoms. The zero-order valence-electron chi connectivity index (χ0n) is 12.2. The van der Waals surface area contributed by atoms with Crippen LogP contribution in [-0.4, -0.2) is 20.7 Å². The first kappa shape index (κ1) is 14.3. The molecule has 3 nitrogen and oxygen atoms in total. The molecule has 0 atom stereocenters. The highest BCUT2D eigenvalue weighted by Gasteiger charge is 2.06. The molecule has 0 unspecified atom stereocenters. The Morgan fingerprint density at radius 2 is 1.90 bits per heavy atom. The summed E-state index contributed by atoms with van der Waals surface area (Å²) < 4.78 is 5.39. The molecule has 20 heavy (non-hydrogen) atoms. The third kappa shape index (κ3) is 3.67. The number of nitrogen functional groups attached to an aromatic ring is 1. The fraction of sp³-hybridized carbons (Fsp3) is 0.294. The molecular weight excluding hydrogens is 248 g/mol. The molecular formula is C17H22N2O. The second-order valence-electron chi connectivity index (χ2n) is 4.94. The molecule has 0 spiro atoms. The van der Waals surface area contributed by atoms with E-state index in [-0.39, 0.29) is 0 Å². The van der Waals surface area contributed by atoms with Crippen LogP contribution in [0.3, 0.4) is 0 Å². The molecule has 0 amide bonds. The summed E-state index contributed by atoms with van der Waals surface area (Å²) in [4.78, 5) is 2.23. The van der Waals surface area contributed by atoms with Gasteiger partial charge in [-0.15, -0.1) is 0 Å². The van der Waals surface area contributed by atoms with E-state index in [1.54, 1.807) is 7.11 Å². The van der Waals surface area contributed by atoms with E-state index < -0.39 is 0 Å². The van der Waals surface area contributed by atoms with Crippen LogP contribution < -0.4 is 15.4 Å². The number of rotatable bonds is 6. The SMILES string of the molecule is COc1ccccc1N(C)CCCc1cccc(N)c1. The van der Waals surface area contributed by atoms with Gasteiger partial charge in [0.25, 0.3) is 0 Å². The van der Waals surface area contributed by atoms with Gasteiger partial charge in [0.2, 0.25) is 0 Å². The maximum atomic E-state index is 5.79. The van der Waals surface area contributed by atoms with Crippen LogP contribution in [0.4, 0.5) is 11.4 Å². The smallest absolute Gasteiger partial charge is 0.142 e. The van der Waals surface area contributed by atoms with Crippen LogP contribution in [0.1, 0.15) is 12.0 Å². The number of benzene rings is 2. The molecule has 0 fully saturated rings. The number of hydrogen-bond acceptors (Lipinski definition) is 3. The molecule has 2 aromatic rings. The van der Waals surface area contributed by atoms with Crippen LogP contribution in [0.15, 0.2) is 48.5 Å². The predicted molar refractivity (Wildman–Crippen MR) is 85.4 cm³/mol. The van der Waals surface area contributed by atoms with Crippen molar-refractivity contribution in [1.29, 1.82) is 0 Å². The second-order valence-corrected chi connectivity index (χ2v) is 4.94. The maximum Gasteiger partial charge on any atom is 0.142 e. The molecule has 0 radical (unpaired) electrons. The summed E-state index contributed by atoms with van der Waals surface area (Å²) >= 11 is 0. The first-order chi connectivity index (χ1) is 9.70. The number of anilines is 2. The van der Waals surface area contributed by atoms with Crippen LogP contribution in [0, 0.1) is 0 Å². The summed E-state index contributed by atoms with van der Waals surface area (Å²) in [5.41, 5.74) is 9.04. The Bertz CT molecular complexity index is 554. The Kier molecular flexibility index (Phi) is 4.88. The van der Waals surface area contributed by atoms with Gasteiger partial charge in [-0.1, -0.05) is 24.3 Å². The molecule has 106 valence electrons. The number of nitrogens with zero attached hydrogens (tertiary/aromatic N) is 1. The van der Waals surface area contributed by atoms with Crippen molar-refractivity contribution in [2.45, 2.75) is 12.8 Å². The van der Waals surface area contributed by atoms with Crippen molar-refractivity contribution >= 4 is 11.4 Å². The number of nitrogens with two attached hydrogens (primary N) is 1. The van der Waals surface area contributed by atoms with Crippen molar-refractivity contribution in [2.75, 3.05) is 31.3 Å². The molecule has 0 aromatic heterocycles.